The third-order valence-electron chi connectivity index (χ3n) is 2.41. The summed E-state index contributed by atoms with van der Waals surface area (Å²) in [7, 11) is 0. The normalized spacial score (nSPS) is 14.8. The van der Waals surface area contributed by atoms with Crippen LogP contribution in [0.1, 0.15) is 24.5 Å². The summed E-state index contributed by atoms with van der Waals surface area (Å²) in [4.78, 5) is 0. The molecule has 1 aromatic rings. The predicted molar refractivity (Wildman–Crippen MR) is 53.9 cm³/mol. The van der Waals surface area contributed by atoms with E-state index in [4.69, 9.17) is 4.74 Å². The Morgan fingerprint density at radius 3 is 2.92 bits per heavy atom. The Morgan fingerprint density at radius 1 is 1.23 bits per heavy atom. The SMILES string of the molecule is C/C=C\Oc1ccc2c(c1)CCC2. The van der Waals surface area contributed by atoms with Gasteiger partial charge in [0.1, 0.15) is 5.75 Å². The van der Waals surface area contributed by atoms with Gasteiger partial charge >= 0.3 is 0 Å². The third-order valence-corrected chi connectivity index (χ3v) is 2.41. The number of ether oxygens (including phenoxy) is 1. The Bertz CT molecular complexity index is 326. The molecule has 1 heteroatoms. The van der Waals surface area contributed by atoms with E-state index in [0.29, 0.717) is 0 Å². The lowest BCUT2D eigenvalue weighted by molar-refractivity contribution is 0.480. The molecule has 0 spiro atoms. The number of aryl methyl sites for hydroxylation is 2. The molecule has 0 saturated heterocycles. The van der Waals surface area contributed by atoms with Crippen molar-refractivity contribution >= 4 is 0 Å². The van der Waals surface area contributed by atoms with Crippen molar-refractivity contribution in [1.82, 2.24) is 0 Å². The first kappa shape index (κ1) is 8.36. The fraction of sp³-hybridized carbons (Fsp3) is 0.333. The first-order valence-electron chi connectivity index (χ1n) is 4.80. The first-order valence-corrected chi connectivity index (χ1v) is 4.80. The molecule has 0 fully saturated rings. The predicted octanol–water partition coefficient (Wildman–Crippen LogP) is 3.09. The van der Waals surface area contributed by atoms with Crippen LogP contribution in [-0.4, -0.2) is 0 Å². The van der Waals surface area contributed by atoms with Gasteiger partial charge in [0, 0.05) is 0 Å². The van der Waals surface area contributed by atoms with Crippen LogP contribution in [0.25, 0.3) is 0 Å². The summed E-state index contributed by atoms with van der Waals surface area (Å²) in [6.45, 7) is 1.95. The molecule has 2 rings (SSSR count). The van der Waals surface area contributed by atoms with Crippen LogP contribution in [0.2, 0.25) is 0 Å². The van der Waals surface area contributed by atoms with Gasteiger partial charge in [-0.05, 0) is 49.4 Å². The van der Waals surface area contributed by atoms with Crippen LogP contribution in [0.4, 0.5) is 0 Å². The molecule has 1 aromatic carbocycles. The summed E-state index contributed by atoms with van der Waals surface area (Å²) >= 11 is 0. The molecule has 0 N–H and O–H groups in total. The fourth-order valence-electron chi connectivity index (χ4n) is 1.77. The molecule has 0 aromatic heterocycles. The van der Waals surface area contributed by atoms with Crippen molar-refractivity contribution in [2.24, 2.45) is 0 Å². The Balaban J connectivity index is 2.20. The van der Waals surface area contributed by atoms with Crippen molar-refractivity contribution in [3.05, 3.63) is 41.7 Å². The minimum absolute atomic E-state index is 0.957. The monoisotopic (exact) mass is 174 g/mol. The average Bonchev–Trinajstić information content (AvgIpc) is 2.61. The van der Waals surface area contributed by atoms with Crippen molar-refractivity contribution in [1.29, 1.82) is 0 Å². The van der Waals surface area contributed by atoms with Gasteiger partial charge in [0.2, 0.25) is 0 Å². The van der Waals surface area contributed by atoms with Gasteiger partial charge in [0.15, 0.2) is 0 Å². The van der Waals surface area contributed by atoms with E-state index in [0.717, 1.165) is 5.75 Å². The van der Waals surface area contributed by atoms with Gasteiger partial charge < -0.3 is 4.74 Å². The molecule has 0 radical (unpaired) electrons. The lowest BCUT2D eigenvalue weighted by atomic mass is 10.1. The van der Waals surface area contributed by atoms with E-state index in [9.17, 15) is 0 Å². The topological polar surface area (TPSA) is 9.23 Å². The maximum Gasteiger partial charge on any atom is 0.126 e. The zero-order valence-corrected chi connectivity index (χ0v) is 7.92. The Labute approximate surface area is 79.0 Å². The summed E-state index contributed by atoms with van der Waals surface area (Å²) in [6.07, 6.45) is 7.36. The van der Waals surface area contributed by atoms with Gasteiger partial charge in [-0.15, -0.1) is 0 Å². The van der Waals surface area contributed by atoms with Crippen LogP contribution in [0.5, 0.6) is 5.75 Å². The van der Waals surface area contributed by atoms with Crippen LogP contribution in [0, 0.1) is 0 Å². The highest BCUT2D eigenvalue weighted by Gasteiger charge is 2.10. The second-order valence-corrected chi connectivity index (χ2v) is 3.37. The van der Waals surface area contributed by atoms with Gasteiger partial charge in [0.05, 0.1) is 6.26 Å². The minimum atomic E-state index is 0.957. The van der Waals surface area contributed by atoms with E-state index >= 15 is 0 Å². The van der Waals surface area contributed by atoms with Crippen molar-refractivity contribution in [3.63, 3.8) is 0 Å². The fourth-order valence-corrected chi connectivity index (χ4v) is 1.77. The summed E-state index contributed by atoms with van der Waals surface area (Å²) in [6, 6.07) is 6.38. The van der Waals surface area contributed by atoms with E-state index in [1.807, 2.05) is 19.1 Å². The second kappa shape index (κ2) is 3.65. The molecule has 0 unspecified atom stereocenters. The largest absolute Gasteiger partial charge is 0.465 e. The molecule has 0 amide bonds. The van der Waals surface area contributed by atoms with Crippen molar-refractivity contribution in [2.45, 2.75) is 26.2 Å². The molecular weight excluding hydrogens is 160 g/mol. The lowest BCUT2D eigenvalue weighted by Gasteiger charge is -2.03. The van der Waals surface area contributed by atoms with Crippen molar-refractivity contribution < 1.29 is 4.74 Å². The minimum Gasteiger partial charge on any atom is -0.465 e. The summed E-state index contributed by atoms with van der Waals surface area (Å²) < 4.78 is 5.40. The molecule has 1 aliphatic carbocycles. The number of rotatable bonds is 2. The number of fused-ring (bicyclic) bond motifs is 1. The van der Waals surface area contributed by atoms with E-state index in [1.165, 1.54) is 30.4 Å². The van der Waals surface area contributed by atoms with Gasteiger partial charge in [-0.25, -0.2) is 0 Å². The Hall–Kier alpha value is -1.24. The Morgan fingerprint density at radius 2 is 2.08 bits per heavy atom. The van der Waals surface area contributed by atoms with Crippen LogP contribution < -0.4 is 4.74 Å². The van der Waals surface area contributed by atoms with Gasteiger partial charge in [-0.3, -0.25) is 0 Å². The van der Waals surface area contributed by atoms with Gasteiger partial charge in [0.25, 0.3) is 0 Å². The van der Waals surface area contributed by atoms with E-state index in [1.54, 1.807) is 6.26 Å². The smallest absolute Gasteiger partial charge is 0.126 e. The number of hydrogen-bond donors (Lipinski definition) is 0. The summed E-state index contributed by atoms with van der Waals surface area (Å²) in [5.41, 5.74) is 2.95. The third kappa shape index (κ3) is 1.74. The highest BCUT2D eigenvalue weighted by molar-refractivity contribution is 5.38. The molecule has 1 nitrogen and oxygen atoms in total. The quantitative estimate of drug-likeness (QED) is 0.626. The van der Waals surface area contributed by atoms with E-state index < -0.39 is 0 Å². The molecule has 0 bridgehead atoms. The van der Waals surface area contributed by atoms with Gasteiger partial charge in [-0.1, -0.05) is 12.1 Å². The maximum atomic E-state index is 5.40. The summed E-state index contributed by atoms with van der Waals surface area (Å²) in [5, 5.41) is 0. The Kier molecular flexibility index (Phi) is 2.35. The highest BCUT2D eigenvalue weighted by Crippen LogP contribution is 2.25. The molecule has 0 saturated carbocycles. The highest BCUT2D eigenvalue weighted by atomic mass is 16.5. The maximum absolute atomic E-state index is 5.40. The molecule has 13 heavy (non-hydrogen) atoms. The zero-order chi connectivity index (χ0) is 9.10. The molecular formula is C12H14O. The molecule has 0 heterocycles. The second-order valence-electron chi connectivity index (χ2n) is 3.37. The zero-order valence-electron chi connectivity index (χ0n) is 7.92. The van der Waals surface area contributed by atoms with Crippen LogP contribution in [0.15, 0.2) is 30.5 Å². The standard InChI is InChI=1S/C12H14O/c1-2-8-13-12-7-6-10-4-3-5-11(10)9-12/h2,6-9H,3-5H2,1H3/b8-2-. The first-order chi connectivity index (χ1) is 6.40. The average molecular weight is 174 g/mol. The number of benzene rings is 1. The van der Waals surface area contributed by atoms with Crippen molar-refractivity contribution in [2.75, 3.05) is 0 Å². The number of hydrogen-bond acceptors (Lipinski definition) is 1. The van der Waals surface area contributed by atoms with Gasteiger partial charge in [-0.2, -0.15) is 0 Å². The number of allylic oxidation sites excluding steroid dienone is 1. The van der Waals surface area contributed by atoms with Crippen LogP contribution in [-0.2, 0) is 12.8 Å². The molecule has 0 aliphatic heterocycles. The van der Waals surface area contributed by atoms with Crippen LogP contribution in [0.3, 0.4) is 0 Å². The molecule has 1 aliphatic rings. The van der Waals surface area contributed by atoms with E-state index in [2.05, 4.69) is 12.1 Å². The van der Waals surface area contributed by atoms with Crippen molar-refractivity contribution in [3.8, 4) is 5.75 Å². The lowest BCUT2D eigenvalue weighted by Crippen LogP contribution is -1.85. The molecule has 68 valence electrons. The van der Waals surface area contributed by atoms with Crippen LogP contribution >= 0.6 is 0 Å². The van der Waals surface area contributed by atoms with E-state index in [-0.39, 0.29) is 0 Å². The summed E-state index contributed by atoms with van der Waals surface area (Å²) in [5.74, 6) is 0.957. The molecule has 0 atom stereocenters.